The van der Waals surface area contributed by atoms with Crippen LogP contribution in [0.3, 0.4) is 0 Å². The fourth-order valence-electron chi connectivity index (χ4n) is 2.39. The molecule has 0 aliphatic carbocycles. The van der Waals surface area contributed by atoms with E-state index < -0.39 is 22.1 Å². The summed E-state index contributed by atoms with van der Waals surface area (Å²) in [6.45, 7) is 1.55. The minimum atomic E-state index is -4.00. The lowest BCUT2D eigenvalue weighted by Gasteiger charge is -2.12. The second-order valence-corrected chi connectivity index (χ2v) is 7.33. The Bertz CT molecular complexity index is 1100. The molecule has 0 spiro atoms. The molecule has 0 radical (unpaired) electrons. The van der Waals surface area contributed by atoms with Crippen LogP contribution in [0.4, 0.5) is 0 Å². The monoisotopic (exact) mass is 403 g/mol. The van der Waals surface area contributed by atoms with Gasteiger partial charge in [-0.2, -0.15) is 0 Å². The number of primary sulfonamides is 1. The van der Waals surface area contributed by atoms with Crippen LogP contribution in [0.5, 0.6) is 5.75 Å². The van der Waals surface area contributed by atoms with Crippen LogP contribution in [0.25, 0.3) is 11.5 Å². The fourth-order valence-corrected chi connectivity index (χ4v) is 2.93. The normalized spacial score (nSPS) is 12.4. The average Bonchev–Trinajstić information content (AvgIpc) is 3.18. The Kier molecular flexibility index (Phi) is 5.43. The van der Waals surface area contributed by atoms with Crippen molar-refractivity contribution in [2.24, 2.45) is 5.14 Å². The summed E-state index contributed by atoms with van der Waals surface area (Å²) in [5.74, 6) is -0.310. The van der Waals surface area contributed by atoms with E-state index in [2.05, 4.69) is 10.2 Å². The van der Waals surface area contributed by atoms with Crippen LogP contribution in [-0.4, -0.2) is 31.7 Å². The van der Waals surface area contributed by atoms with E-state index >= 15 is 0 Å². The van der Waals surface area contributed by atoms with Gasteiger partial charge in [-0.1, -0.05) is 18.2 Å². The third-order valence-corrected chi connectivity index (χ3v) is 4.72. The molecule has 3 aromatic rings. The highest BCUT2D eigenvalue weighted by molar-refractivity contribution is 7.89. The van der Waals surface area contributed by atoms with Gasteiger partial charge < -0.3 is 13.9 Å². The fraction of sp³-hybridized carbons (Fsp3) is 0.167. The number of nitrogens with zero attached hydrogens (tertiary/aromatic N) is 2. The standard InChI is InChI=1S/C18H17N3O6S/c1-11(16-20-21-17(27-16)12-6-4-3-5-7-12)26-18(22)14-10-13(28(19,23)24)8-9-15(14)25-2/h3-11H,1-2H3,(H2,19,23,24)/t11-/m1/s1. The Hall–Kier alpha value is -3.24. The van der Waals surface area contributed by atoms with Crippen molar-refractivity contribution in [3.63, 3.8) is 0 Å². The summed E-state index contributed by atoms with van der Waals surface area (Å²) >= 11 is 0. The molecule has 3 rings (SSSR count). The van der Waals surface area contributed by atoms with Gasteiger partial charge in [-0.25, -0.2) is 18.4 Å². The number of esters is 1. The lowest BCUT2D eigenvalue weighted by Crippen LogP contribution is -2.15. The van der Waals surface area contributed by atoms with Crippen molar-refractivity contribution in [2.45, 2.75) is 17.9 Å². The van der Waals surface area contributed by atoms with Crippen LogP contribution in [0.2, 0.25) is 0 Å². The van der Waals surface area contributed by atoms with Crippen molar-refractivity contribution < 1.29 is 27.1 Å². The molecule has 0 unspecified atom stereocenters. The molecule has 2 N–H and O–H groups in total. The number of benzene rings is 2. The van der Waals surface area contributed by atoms with Gasteiger partial charge in [0.25, 0.3) is 5.89 Å². The second kappa shape index (κ2) is 7.79. The maximum Gasteiger partial charge on any atom is 0.342 e. The Labute approximate surface area is 161 Å². The number of aromatic nitrogens is 2. The first-order chi connectivity index (χ1) is 13.3. The first-order valence-corrected chi connectivity index (χ1v) is 9.65. The molecule has 1 aromatic heterocycles. The lowest BCUT2D eigenvalue weighted by atomic mass is 10.2. The zero-order valence-electron chi connectivity index (χ0n) is 15.0. The van der Waals surface area contributed by atoms with Crippen molar-refractivity contribution in [1.29, 1.82) is 0 Å². The van der Waals surface area contributed by atoms with Crippen LogP contribution in [0.15, 0.2) is 57.8 Å². The summed E-state index contributed by atoms with van der Waals surface area (Å²) in [4.78, 5) is 12.3. The minimum absolute atomic E-state index is 0.0915. The maximum atomic E-state index is 12.5. The first-order valence-electron chi connectivity index (χ1n) is 8.10. The van der Waals surface area contributed by atoms with E-state index in [0.29, 0.717) is 0 Å². The van der Waals surface area contributed by atoms with Gasteiger partial charge in [-0.15, -0.1) is 10.2 Å². The third kappa shape index (κ3) is 4.18. The van der Waals surface area contributed by atoms with Gasteiger partial charge in [0, 0.05) is 5.56 Å². The first kappa shape index (κ1) is 19.5. The van der Waals surface area contributed by atoms with Gasteiger partial charge in [0.1, 0.15) is 11.3 Å². The number of hydrogen-bond donors (Lipinski definition) is 1. The Morgan fingerprint density at radius 2 is 1.86 bits per heavy atom. The smallest absolute Gasteiger partial charge is 0.342 e. The summed E-state index contributed by atoms with van der Waals surface area (Å²) in [5.41, 5.74) is 0.631. The summed E-state index contributed by atoms with van der Waals surface area (Å²) in [5, 5.41) is 13.0. The van der Waals surface area contributed by atoms with Crippen LogP contribution in [0, 0.1) is 0 Å². The van der Waals surface area contributed by atoms with E-state index in [0.717, 1.165) is 11.6 Å². The predicted octanol–water partition coefficient (Wildman–Crippen LogP) is 2.31. The van der Waals surface area contributed by atoms with E-state index in [9.17, 15) is 13.2 Å². The number of ether oxygens (including phenoxy) is 2. The predicted molar refractivity (Wildman–Crippen MR) is 97.9 cm³/mol. The summed E-state index contributed by atoms with van der Waals surface area (Å²) in [6.07, 6.45) is -0.875. The third-order valence-electron chi connectivity index (χ3n) is 3.81. The molecule has 1 atom stereocenters. The Morgan fingerprint density at radius 1 is 1.14 bits per heavy atom. The quantitative estimate of drug-likeness (QED) is 0.620. The highest BCUT2D eigenvalue weighted by Crippen LogP contribution is 2.26. The van der Waals surface area contributed by atoms with E-state index in [4.69, 9.17) is 19.0 Å². The van der Waals surface area contributed by atoms with Crippen LogP contribution in [0.1, 0.15) is 29.3 Å². The molecule has 0 saturated heterocycles. The highest BCUT2D eigenvalue weighted by atomic mass is 32.2. The number of sulfonamides is 1. The van der Waals surface area contributed by atoms with Gasteiger partial charge in [0.2, 0.25) is 15.9 Å². The summed E-state index contributed by atoms with van der Waals surface area (Å²) in [6, 6.07) is 12.8. The molecule has 10 heteroatoms. The SMILES string of the molecule is COc1ccc(S(N)(=O)=O)cc1C(=O)O[C@H](C)c1nnc(-c2ccccc2)o1. The number of rotatable bonds is 6. The largest absolute Gasteiger partial charge is 0.496 e. The Morgan fingerprint density at radius 3 is 2.50 bits per heavy atom. The summed E-state index contributed by atoms with van der Waals surface area (Å²) in [7, 11) is -2.65. The van der Waals surface area contributed by atoms with Crippen molar-refractivity contribution in [1.82, 2.24) is 10.2 Å². The van der Waals surface area contributed by atoms with Gasteiger partial charge in [0.05, 0.1) is 12.0 Å². The number of hydrogen-bond acceptors (Lipinski definition) is 8. The zero-order valence-corrected chi connectivity index (χ0v) is 15.8. The molecule has 0 aliphatic rings. The van der Waals surface area contributed by atoms with Crippen LogP contribution < -0.4 is 9.88 Å². The van der Waals surface area contributed by atoms with Crippen molar-refractivity contribution in [2.75, 3.05) is 7.11 Å². The molecule has 0 bridgehead atoms. The topological polar surface area (TPSA) is 135 Å². The van der Waals surface area contributed by atoms with E-state index in [1.807, 2.05) is 18.2 Å². The Balaban J connectivity index is 1.82. The maximum absolute atomic E-state index is 12.5. The highest BCUT2D eigenvalue weighted by Gasteiger charge is 2.23. The van der Waals surface area contributed by atoms with Crippen molar-refractivity contribution in [3.05, 3.63) is 60.0 Å². The van der Waals surface area contributed by atoms with E-state index in [-0.39, 0.29) is 28.0 Å². The number of methoxy groups -OCH3 is 1. The molecule has 146 valence electrons. The molecule has 0 fully saturated rings. The van der Waals surface area contributed by atoms with Crippen molar-refractivity contribution >= 4 is 16.0 Å². The van der Waals surface area contributed by atoms with Gasteiger partial charge in [-0.3, -0.25) is 0 Å². The van der Waals surface area contributed by atoms with Crippen molar-refractivity contribution in [3.8, 4) is 17.2 Å². The molecule has 28 heavy (non-hydrogen) atoms. The average molecular weight is 403 g/mol. The second-order valence-electron chi connectivity index (χ2n) is 5.77. The van der Waals surface area contributed by atoms with Crippen LogP contribution in [-0.2, 0) is 14.8 Å². The zero-order chi connectivity index (χ0) is 20.3. The van der Waals surface area contributed by atoms with Gasteiger partial charge in [-0.05, 0) is 37.3 Å². The molecule has 9 nitrogen and oxygen atoms in total. The van der Waals surface area contributed by atoms with E-state index in [1.54, 1.807) is 19.1 Å². The molecule has 1 heterocycles. The molecular formula is C18H17N3O6S. The molecular weight excluding hydrogens is 386 g/mol. The van der Waals surface area contributed by atoms with Crippen LogP contribution >= 0.6 is 0 Å². The molecule has 0 amide bonds. The molecule has 0 aliphatic heterocycles. The number of carbonyl (C=O) groups is 1. The molecule has 0 saturated carbocycles. The van der Waals surface area contributed by atoms with Gasteiger partial charge >= 0.3 is 5.97 Å². The molecule has 2 aromatic carbocycles. The number of nitrogens with two attached hydrogens (primary N) is 1. The summed E-state index contributed by atoms with van der Waals surface area (Å²) < 4.78 is 39.1. The van der Waals surface area contributed by atoms with Gasteiger partial charge in [0.15, 0.2) is 6.10 Å². The lowest BCUT2D eigenvalue weighted by molar-refractivity contribution is 0.0276. The minimum Gasteiger partial charge on any atom is -0.496 e. The number of carbonyl (C=O) groups excluding carboxylic acids is 1. The van der Waals surface area contributed by atoms with E-state index in [1.165, 1.54) is 19.2 Å².